The second-order valence-corrected chi connectivity index (χ2v) is 3.00. The number of aldehydes is 1. The molecule has 0 atom stereocenters. The molecule has 2 aromatic rings. The van der Waals surface area contributed by atoms with E-state index in [-0.39, 0.29) is 0 Å². The Kier molecular flexibility index (Phi) is 1.07. The lowest BCUT2D eigenvalue weighted by Crippen LogP contribution is -1.64. The van der Waals surface area contributed by atoms with Gasteiger partial charge in [-0.2, -0.15) is 5.10 Å². The van der Waals surface area contributed by atoms with Crippen LogP contribution in [0.4, 0.5) is 0 Å². The topological polar surface area (TPSA) is 45.8 Å². The van der Waals surface area contributed by atoms with E-state index >= 15 is 0 Å². The summed E-state index contributed by atoms with van der Waals surface area (Å²) < 4.78 is 0. The molecule has 0 radical (unpaired) electrons. The number of carbonyl (C=O) groups excluding carboxylic acids is 1. The Bertz CT molecular complexity index is 334. The lowest BCUT2D eigenvalue weighted by molar-refractivity contribution is 0.112. The zero-order chi connectivity index (χ0) is 6.97. The summed E-state index contributed by atoms with van der Waals surface area (Å²) in [5.74, 6) is 0. The smallest absolute Gasteiger partial charge is 0.160 e. The Labute approximate surface area is 60.7 Å². The zero-order valence-electron chi connectivity index (χ0n) is 5.00. The largest absolute Gasteiger partial charge is 0.297 e. The van der Waals surface area contributed by atoms with Crippen molar-refractivity contribution in [1.82, 2.24) is 10.2 Å². The number of H-pyrrole nitrogens is 1. The summed E-state index contributed by atoms with van der Waals surface area (Å²) in [5.41, 5.74) is 0. The van der Waals surface area contributed by atoms with Gasteiger partial charge in [0.25, 0.3) is 0 Å². The molecule has 0 unspecified atom stereocenters. The molecule has 0 saturated carbocycles. The summed E-state index contributed by atoms with van der Waals surface area (Å²) in [6.07, 6.45) is 2.55. The molecule has 2 aromatic heterocycles. The number of aromatic nitrogens is 2. The average molecular weight is 152 g/mol. The maximum atomic E-state index is 10.3. The van der Waals surface area contributed by atoms with Crippen molar-refractivity contribution in [2.24, 2.45) is 0 Å². The molecule has 0 spiro atoms. The number of nitrogens with one attached hydrogen (secondary N) is 1. The van der Waals surface area contributed by atoms with E-state index in [2.05, 4.69) is 10.2 Å². The van der Waals surface area contributed by atoms with Gasteiger partial charge in [0.15, 0.2) is 6.29 Å². The van der Waals surface area contributed by atoms with Crippen LogP contribution in [0.15, 0.2) is 12.3 Å². The number of aromatic amines is 1. The number of rotatable bonds is 1. The van der Waals surface area contributed by atoms with E-state index in [1.54, 1.807) is 6.20 Å². The van der Waals surface area contributed by atoms with Gasteiger partial charge in [-0.1, -0.05) is 0 Å². The van der Waals surface area contributed by atoms with Crippen molar-refractivity contribution < 1.29 is 4.79 Å². The predicted octanol–water partition coefficient (Wildman–Crippen LogP) is 1.44. The summed E-state index contributed by atoms with van der Waals surface area (Å²) in [4.78, 5) is 11.9. The normalized spacial score (nSPS) is 10.4. The lowest BCUT2D eigenvalue weighted by Gasteiger charge is -1.70. The van der Waals surface area contributed by atoms with Crippen LogP contribution in [-0.4, -0.2) is 16.5 Å². The summed E-state index contributed by atoms with van der Waals surface area (Å²) in [6, 6.07) is 1.82. The summed E-state index contributed by atoms with van der Waals surface area (Å²) in [5, 5.41) is 7.60. The minimum atomic E-state index is 0.739. The zero-order valence-corrected chi connectivity index (χ0v) is 5.81. The fraction of sp³-hybridized carbons (Fsp3) is 0. The van der Waals surface area contributed by atoms with Gasteiger partial charge in [0.2, 0.25) is 0 Å². The molecule has 0 amide bonds. The van der Waals surface area contributed by atoms with Crippen LogP contribution in [0.1, 0.15) is 9.67 Å². The van der Waals surface area contributed by atoms with Crippen molar-refractivity contribution in [3.63, 3.8) is 0 Å². The van der Waals surface area contributed by atoms with Gasteiger partial charge in [0, 0.05) is 5.39 Å². The Hall–Kier alpha value is -1.16. The van der Waals surface area contributed by atoms with Crippen molar-refractivity contribution in [2.75, 3.05) is 0 Å². The molecule has 3 nitrogen and oxygen atoms in total. The highest BCUT2D eigenvalue weighted by Gasteiger charge is 2.00. The van der Waals surface area contributed by atoms with Crippen LogP contribution in [0.25, 0.3) is 10.2 Å². The summed E-state index contributed by atoms with van der Waals surface area (Å²) >= 11 is 1.42. The molecule has 0 aliphatic rings. The van der Waals surface area contributed by atoms with E-state index < -0.39 is 0 Å². The van der Waals surface area contributed by atoms with Gasteiger partial charge in [-0.3, -0.25) is 9.89 Å². The van der Waals surface area contributed by atoms with Gasteiger partial charge >= 0.3 is 0 Å². The maximum absolute atomic E-state index is 10.3. The molecule has 2 rings (SSSR count). The third kappa shape index (κ3) is 0.657. The predicted molar refractivity (Wildman–Crippen MR) is 39.4 cm³/mol. The molecule has 0 saturated heterocycles. The van der Waals surface area contributed by atoms with E-state index in [1.165, 1.54) is 11.3 Å². The second kappa shape index (κ2) is 1.91. The van der Waals surface area contributed by atoms with Gasteiger partial charge in [-0.05, 0) is 6.07 Å². The fourth-order valence-corrected chi connectivity index (χ4v) is 1.62. The molecule has 4 heteroatoms. The highest BCUT2D eigenvalue weighted by atomic mass is 32.1. The third-order valence-electron chi connectivity index (χ3n) is 1.27. The van der Waals surface area contributed by atoms with Gasteiger partial charge in [-0.15, -0.1) is 11.3 Å². The van der Waals surface area contributed by atoms with Crippen molar-refractivity contribution in [2.45, 2.75) is 0 Å². The monoisotopic (exact) mass is 152 g/mol. The van der Waals surface area contributed by atoms with Crippen LogP contribution in [0.5, 0.6) is 0 Å². The lowest BCUT2D eigenvalue weighted by atomic mass is 10.4. The van der Waals surface area contributed by atoms with Crippen LogP contribution in [0.2, 0.25) is 0 Å². The van der Waals surface area contributed by atoms with Crippen molar-refractivity contribution in [3.8, 4) is 0 Å². The summed E-state index contributed by atoms with van der Waals surface area (Å²) in [6.45, 7) is 0. The molecule has 0 fully saturated rings. The Morgan fingerprint density at radius 2 is 2.60 bits per heavy atom. The molecule has 10 heavy (non-hydrogen) atoms. The number of thiophene rings is 1. The highest BCUT2D eigenvalue weighted by Crippen LogP contribution is 2.20. The first-order chi connectivity index (χ1) is 4.90. The molecule has 50 valence electrons. The number of hydrogen-bond donors (Lipinski definition) is 1. The van der Waals surface area contributed by atoms with E-state index in [0.29, 0.717) is 0 Å². The van der Waals surface area contributed by atoms with E-state index in [0.717, 1.165) is 21.4 Å². The van der Waals surface area contributed by atoms with Crippen molar-refractivity contribution in [3.05, 3.63) is 17.1 Å². The Morgan fingerprint density at radius 1 is 1.70 bits per heavy atom. The van der Waals surface area contributed by atoms with Gasteiger partial charge in [-0.25, -0.2) is 0 Å². The second-order valence-electron chi connectivity index (χ2n) is 1.92. The number of carbonyl (C=O) groups is 1. The first-order valence-electron chi connectivity index (χ1n) is 2.78. The molecular formula is C6H4N2OS. The third-order valence-corrected chi connectivity index (χ3v) is 2.25. The number of fused-ring (bicyclic) bond motifs is 1. The molecule has 0 bridgehead atoms. The molecule has 1 N–H and O–H groups in total. The maximum Gasteiger partial charge on any atom is 0.160 e. The van der Waals surface area contributed by atoms with Crippen LogP contribution in [0, 0.1) is 0 Å². The molecule has 0 aliphatic heterocycles. The summed E-state index contributed by atoms with van der Waals surface area (Å²) in [7, 11) is 0. The average Bonchev–Trinajstić information content (AvgIpc) is 2.42. The van der Waals surface area contributed by atoms with Gasteiger partial charge in [0.05, 0.1) is 11.1 Å². The van der Waals surface area contributed by atoms with Crippen LogP contribution in [-0.2, 0) is 0 Å². The number of nitrogens with zero attached hydrogens (tertiary/aromatic N) is 1. The van der Waals surface area contributed by atoms with E-state index in [1.807, 2.05) is 6.07 Å². The first-order valence-corrected chi connectivity index (χ1v) is 3.60. The van der Waals surface area contributed by atoms with E-state index in [4.69, 9.17) is 0 Å². The van der Waals surface area contributed by atoms with Gasteiger partial charge < -0.3 is 0 Å². The fourth-order valence-electron chi connectivity index (χ4n) is 0.827. The highest BCUT2D eigenvalue weighted by molar-refractivity contribution is 7.20. The minimum absolute atomic E-state index is 0.739. The number of hydrogen-bond acceptors (Lipinski definition) is 3. The Morgan fingerprint density at radius 3 is 3.30 bits per heavy atom. The van der Waals surface area contributed by atoms with Gasteiger partial charge in [0.1, 0.15) is 4.83 Å². The standard InChI is InChI=1S/C6H4N2OS/c9-3-5-1-4-2-7-8-6(4)10-5/h1-3H,(H,7,8). The molecular weight excluding hydrogens is 148 g/mol. The quantitative estimate of drug-likeness (QED) is 0.628. The SMILES string of the molecule is O=Cc1cc2cn[nH]c2s1. The molecule has 0 aromatic carbocycles. The van der Waals surface area contributed by atoms with Crippen LogP contribution in [0.3, 0.4) is 0 Å². The van der Waals surface area contributed by atoms with E-state index in [9.17, 15) is 4.79 Å². The van der Waals surface area contributed by atoms with Crippen molar-refractivity contribution >= 4 is 27.8 Å². The minimum Gasteiger partial charge on any atom is -0.297 e. The Balaban J connectivity index is 2.78. The molecule has 0 aliphatic carbocycles. The first kappa shape index (κ1) is 5.61. The van der Waals surface area contributed by atoms with Crippen LogP contribution >= 0.6 is 11.3 Å². The molecule has 2 heterocycles. The van der Waals surface area contributed by atoms with Crippen molar-refractivity contribution in [1.29, 1.82) is 0 Å². The van der Waals surface area contributed by atoms with Crippen LogP contribution < -0.4 is 0 Å².